The summed E-state index contributed by atoms with van der Waals surface area (Å²) in [7, 11) is 0. The number of allylic oxidation sites excluding steroid dienone is 2. The molecule has 5 nitrogen and oxygen atoms in total. The number of rotatable bonds is 0. The zero-order valence-electron chi connectivity index (χ0n) is 13.1. The van der Waals surface area contributed by atoms with Crippen LogP contribution in [0, 0.1) is 0 Å². The summed E-state index contributed by atoms with van der Waals surface area (Å²) in [5.41, 5.74) is 0.340. The maximum absolute atomic E-state index is 12.3. The molecule has 0 spiro atoms. The van der Waals surface area contributed by atoms with Crippen molar-refractivity contribution in [3.05, 3.63) is 47.6 Å². The molecule has 0 aliphatic carbocycles. The number of ether oxygens (including phenoxy) is 1. The summed E-state index contributed by atoms with van der Waals surface area (Å²) in [6.45, 7) is 1.78. The first-order chi connectivity index (χ1) is 11.0. The van der Waals surface area contributed by atoms with Gasteiger partial charge in [-0.05, 0) is 31.4 Å². The molecule has 3 N–H and O–H groups in total. The average Bonchev–Trinajstić information content (AvgIpc) is 2.44. The van der Waals surface area contributed by atoms with Gasteiger partial charge < -0.3 is 20.1 Å². The van der Waals surface area contributed by atoms with E-state index in [0.717, 1.165) is 18.9 Å². The van der Waals surface area contributed by atoms with E-state index in [2.05, 4.69) is 0 Å². The number of aliphatic hydroxyl groups excluding tert-OH is 1. The molecular formula is C18H22O5. The zero-order valence-corrected chi connectivity index (χ0v) is 13.1. The smallest absolute Gasteiger partial charge is 0.342 e. The molecule has 1 heterocycles. The van der Waals surface area contributed by atoms with Crippen molar-refractivity contribution in [3.63, 3.8) is 0 Å². The van der Waals surface area contributed by atoms with Gasteiger partial charge in [-0.2, -0.15) is 0 Å². The van der Waals surface area contributed by atoms with Crippen LogP contribution in [0.25, 0.3) is 0 Å². The molecule has 1 aromatic carbocycles. The van der Waals surface area contributed by atoms with Gasteiger partial charge in [0.1, 0.15) is 23.2 Å². The molecule has 0 saturated heterocycles. The number of cyclic esters (lactones) is 1. The molecular weight excluding hydrogens is 296 g/mol. The second-order valence-corrected chi connectivity index (χ2v) is 5.70. The molecule has 1 aliphatic heterocycles. The van der Waals surface area contributed by atoms with Gasteiger partial charge in [0.05, 0.1) is 6.10 Å². The van der Waals surface area contributed by atoms with Gasteiger partial charge in [0.15, 0.2) is 0 Å². The number of phenolic OH excluding ortho intramolecular Hbond substituents is 2. The Bertz CT molecular complexity index is 618. The van der Waals surface area contributed by atoms with Crippen LogP contribution in [0.5, 0.6) is 11.5 Å². The second-order valence-electron chi connectivity index (χ2n) is 5.70. The normalized spacial score (nSPS) is 25.7. The standard InChI is InChI=1S/C18H22O5/c1-12-7-5-3-2-4-6-8-14(19)9-13-10-15(20)11-16(21)17(13)18(22)23-12/h3,5-6,8,10-12,14,19-21H,2,4,7,9H2,1H3/b5-3+,8-6+/t12-,14-/m1/s1. The molecule has 0 radical (unpaired) electrons. The fourth-order valence-corrected chi connectivity index (χ4v) is 2.50. The van der Waals surface area contributed by atoms with Gasteiger partial charge in [-0.25, -0.2) is 4.79 Å². The lowest BCUT2D eigenvalue weighted by Gasteiger charge is -2.16. The van der Waals surface area contributed by atoms with Gasteiger partial charge in [-0.15, -0.1) is 0 Å². The highest BCUT2D eigenvalue weighted by Gasteiger charge is 2.22. The summed E-state index contributed by atoms with van der Waals surface area (Å²) >= 11 is 0. The van der Waals surface area contributed by atoms with E-state index in [1.165, 1.54) is 6.07 Å². The number of hydrogen-bond donors (Lipinski definition) is 3. The third kappa shape index (κ3) is 4.86. The number of carbonyl (C=O) groups excluding carboxylic acids is 1. The summed E-state index contributed by atoms with van der Waals surface area (Å²) in [6.07, 6.45) is 8.70. The van der Waals surface area contributed by atoms with Crippen molar-refractivity contribution in [1.82, 2.24) is 0 Å². The van der Waals surface area contributed by atoms with E-state index < -0.39 is 12.1 Å². The van der Waals surface area contributed by atoms with Crippen LogP contribution in [0.4, 0.5) is 0 Å². The Morgan fingerprint density at radius 3 is 2.65 bits per heavy atom. The number of phenols is 2. The van der Waals surface area contributed by atoms with Crippen LogP contribution in [0.3, 0.4) is 0 Å². The number of fused-ring (bicyclic) bond motifs is 1. The minimum absolute atomic E-state index is 0.0110. The van der Waals surface area contributed by atoms with Crippen molar-refractivity contribution in [1.29, 1.82) is 0 Å². The maximum Gasteiger partial charge on any atom is 0.342 e. The largest absolute Gasteiger partial charge is 0.508 e. The Kier molecular flexibility index (Phi) is 5.82. The van der Waals surface area contributed by atoms with Crippen molar-refractivity contribution in [2.45, 2.75) is 44.8 Å². The highest BCUT2D eigenvalue weighted by Crippen LogP contribution is 2.29. The number of carbonyl (C=O) groups is 1. The number of aliphatic hydroxyl groups is 1. The molecule has 1 aromatic rings. The fourth-order valence-electron chi connectivity index (χ4n) is 2.50. The molecule has 1 aliphatic rings. The Labute approximate surface area is 135 Å². The summed E-state index contributed by atoms with van der Waals surface area (Å²) in [5, 5.41) is 29.7. The van der Waals surface area contributed by atoms with E-state index >= 15 is 0 Å². The van der Waals surface area contributed by atoms with Gasteiger partial charge in [-0.3, -0.25) is 0 Å². The van der Waals surface area contributed by atoms with Gasteiger partial charge >= 0.3 is 5.97 Å². The SMILES string of the molecule is C[C@@H]1C/C=C/CC/C=C/[C@@H](O)Cc2cc(O)cc(O)c2C(=O)O1. The van der Waals surface area contributed by atoms with Crippen molar-refractivity contribution in [2.24, 2.45) is 0 Å². The third-order valence-electron chi connectivity index (χ3n) is 3.62. The Morgan fingerprint density at radius 1 is 1.13 bits per heavy atom. The molecule has 5 heteroatoms. The minimum atomic E-state index is -0.813. The molecule has 0 unspecified atom stereocenters. The highest BCUT2D eigenvalue weighted by molar-refractivity contribution is 5.94. The quantitative estimate of drug-likeness (QED) is 0.506. The second kappa shape index (κ2) is 7.83. The van der Waals surface area contributed by atoms with Crippen molar-refractivity contribution < 1.29 is 24.9 Å². The van der Waals surface area contributed by atoms with Crippen LogP contribution in [0.2, 0.25) is 0 Å². The van der Waals surface area contributed by atoms with E-state index in [9.17, 15) is 20.1 Å². The molecule has 124 valence electrons. The van der Waals surface area contributed by atoms with Crippen LogP contribution < -0.4 is 0 Å². The first kappa shape index (κ1) is 17.1. The van der Waals surface area contributed by atoms with E-state index in [-0.39, 0.29) is 29.6 Å². The first-order valence-corrected chi connectivity index (χ1v) is 7.73. The van der Waals surface area contributed by atoms with Crippen LogP contribution in [-0.4, -0.2) is 33.5 Å². The minimum Gasteiger partial charge on any atom is -0.508 e. The van der Waals surface area contributed by atoms with Crippen LogP contribution in [0.15, 0.2) is 36.4 Å². The molecule has 0 bridgehead atoms. The molecule has 0 amide bonds. The number of benzene rings is 1. The van der Waals surface area contributed by atoms with E-state index in [1.807, 2.05) is 18.2 Å². The van der Waals surface area contributed by atoms with Crippen molar-refractivity contribution in [3.8, 4) is 11.5 Å². The fraction of sp³-hybridized carbons (Fsp3) is 0.389. The lowest BCUT2D eigenvalue weighted by molar-refractivity contribution is 0.0343. The van der Waals surface area contributed by atoms with Crippen LogP contribution in [-0.2, 0) is 11.2 Å². The molecule has 2 atom stereocenters. The van der Waals surface area contributed by atoms with Crippen LogP contribution in [0.1, 0.15) is 42.1 Å². The molecule has 23 heavy (non-hydrogen) atoms. The summed E-state index contributed by atoms with van der Waals surface area (Å²) < 4.78 is 5.35. The molecule has 0 saturated carbocycles. The molecule has 0 aromatic heterocycles. The van der Waals surface area contributed by atoms with Crippen LogP contribution >= 0.6 is 0 Å². The summed E-state index contributed by atoms with van der Waals surface area (Å²) in [5.74, 6) is -1.18. The van der Waals surface area contributed by atoms with Gasteiger partial charge in [-0.1, -0.05) is 24.3 Å². The van der Waals surface area contributed by atoms with Gasteiger partial charge in [0.25, 0.3) is 0 Å². The van der Waals surface area contributed by atoms with Gasteiger partial charge in [0.2, 0.25) is 0 Å². The summed E-state index contributed by atoms with van der Waals surface area (Å²) in [4.78, 5) is 12.3. The number of aromatic hydroxyl groups is 2. The first-order valence-electron chi connectivity index (χ1n) is 7.73. The zero-order chi connectivity index (χ0) is 16.8. The van der Waals surface area contributed by atoms with Crippen molar-refractivity contribution in [2.75, 3.05) is 0 Å². The van der Waals surface area contributed by atoms with E-state index in [1.54, 1.807) is 13.0 Å². The monoisotopic (exact) mass is 318 g/mol. The lowest BCUT2D eigenvalue weighted by atomic mass is 9.99. The highest BCUT2D eigenvalue weighted by atomic mass is 16.5. The Morgan fingerprint density at radius 2 is 1.87 bits per heavy atom. The molecule has 0 fully saturated rings. The predicted molar refractivity (Wildman–Crippen MR) is 86.5 cm³/mol. The third-order valence-corrected chi connectivity index (χ3v) is 3.62. The number of esters is 1. The Balaban J connectivity index is 2.38. The van der Waals surface area contributed by atoms with Crippen molar-refractivity contribution >= 4 is 5.97 Å². The Hall–Kier alpha value is -2.27. The topological polar surface area (TPSA) is 87.0 Å². The summed E-state index contributed by atoms with van der Waals surface area (Å²) in [6, 6.07) is 2.46. The molecule has 2 rings (SSSR count). The average molecular weight is 318 g/mol. The maximum atomic E-state index is 12.3. The van der Waals surface area contributed by atoms with E-state index in [4.69, 9.17) is 4.74 Å². The van der Waals surface area contributed by atoms with E-state index in [0.29, 0.717) is 12.0 Å². The predicted octanol–water partition coefficient (Wildman–Crippen LogP) is 2.84. The number of hydrogen-bond acceptors (Lipinski definition) is 5. The lowest BCUT2D eigenvalue weighted by Crippen LogP contribution is -2.18. The van der Waals surface area contributed by atoms with Gasteiger partial charge in [0, 0.05) is 18.9 Å².